The van der Waals surface area contributed by atoms with E-state index in [0.29, 0.717) is 5.88 Å². The molecule has 0 bridgehead atoms. The first kappa shape index (κ1) is 16.1. The monoisotopic (exact) mass is 329 g/mol. The smallest absolute Gasteiger partial charge is 0.125 e. The van der Waals surface area contributed by atoms with E-state index < -0.39 is 0 Å². The van der Waals surface area contributed by atoms with Crippen molar-refractivity contribution < 1.29 is 0 Å². The number of alkyl halides is 1. The molecule has 1 N–H and O–H groups in total. The van der Waals surface area contributed by atoms with Crippen LogP contribution in [0.1, 0.15) is 43.5 Å². The highest BCUT2D eigenvalue weighted by Gasteiger charge is 2.32. The number of benzene rings is 1. The molecule has 0 radical (unpaired) electrons. The molecule has 0 amide bonds. The Morgan fingerprint density at radius 1 is 1.35 bits per heavy atom. The molecule has 1 atom stereocenters. The number of rotatable bonds is 5. The van der Waals surface area contributed by atoms with Gasteiger partial charge in [-0.25, -0.2) is 4.68 Å². The van der Waals surface area contributed by atoms with Gasteiger partial charge >= 0.3 is 0 Å². The van der Waals surface area contributed by atoms with Crippen molar-refractivity contribution in [2.45, 2.75) is 44.5 Å². The number of fused-ring (bicyclic) bond motifs is 1. The lowest BCUT2D eigenvalue weighted by atomic mass is 9.76. The number of hydrogen-bond donors (Lipinski definition) is 1. The molecule has 1 aromatic carbocycles. The average Bonchev–Trinajstić information content (AvgIpc) is 2.98. The minimum atomic E-state index is -0.0903. The Balaban J connectivity index is 2.01. The highest BCUT2D eigenvalue weighted by atomic mass is 35.5. The predicted octanol–water partition coefficient (Wildman–Crippen LogP) is 4.71. The maximum Gasteiger partial charge on any atom is 0.125 e. The Hall–Kier alpha value is -1.74. The van der Waals surface area contributed by atoms with E-state index in [4.69, 9.17) is 16.7 Å². The van der Waals surface area contributed by atoms with Crippen LogP contribution in [0.15, 0.2) is 42.5 Å². The maximum absolute atomic E-state index is 5.92. The zero-order chi connectivity index (χ0) is 16.4. The summed E-state index contributed by atoms with van der Waals surface area (Å²) in [5.41, 5.74) is 4.64. The van der Waals surface area contributed by atoms with Crippen LogP contribution < -0.4 is 5.32 Å². The summed E-state index contributed by atoms with van der Waals surface area (Å²) in [5, 5.41) is 8.28. The van der Waals surface area contributed by atoms with Gasteiger partial charge in [-0.05, 0) is 30.0 Å². The fraction of sp³-hybridized carbons (Fsp3) is 0.421. The largest absolute Gasteiger partial charge is 0.366 e. The summed E-state index contributed by atoms with van der Waals surface area (Å²) in [4.78, 5) is 0. The second-order valence-electron chi connectivity index (χ2n) is 6.59. The second-order valence-corrected chi connectivity index (χ2v) is 6.86. The van der Waals surface area contributed by atoms with Gasteiger partial charge in [0, 0.05) is 23.9 Å². The molecule has 1 aliphatic rings. The molecule has 0 fully saturated rings. The molecule has 23 heavy (non-hydrogen) atoms. The van der Waals surface area contributed by atoms with Crippen molar-refractivity contribution in [1.29, 1.82) is 0 Å². The third-order valence-electron chi connectivity index (χ3n) is 4.73. The van der Waals surface area contributed by atoms with Gasteiger partial charge in [0.1, 0.15) is 5.82 Å². The van der Waals surface area contributed by atoms with Crippen LogP contribution in [0.5, 0.6) is 0 Å². The first-order valence-electron chi connectivity index (χ1n) is 8.21. The molecular formula is C19H24ClN3. The van der Waals surface area contributed by atoms with E-state index >= 15 is 0 Å². The molecule has 122 valence electrons. The quantitative estimate of drug-likeness (QED) is 0.636. The first-order chi connectivity index (χ1) is 11.1. The molecule has 1 aliphatic heterocycles. The Kier molecular flexibility index (Phi) is 4.49. The zero-order valence-corrected chi connectivity index (χ0v) is 14.7. The van der Waals surface area contributed by atoms with E-state index in [-0.39, 0.29) is 5.41 Å². The highest BCUT2D eigenvalue weighted by Crippen LogP contribution is 2.37. The van der Waals surface area contributed by atoms with Gasteiger partial charge in [-0.1, -0.05) is 44.2 Å². The van der Waals surface area contributed by atoms with Crippen molar-refractivity contribution in [3.63, 3.8) is 0 Å². The summed E-state index contributed by atoms with van der Waals surface area (Å²) >= 11 is 5.92. The SMILES string of the molecule is C=C1CNc2cc(C(C)(CCC)c3ccc(CCl)cc3)nn2C1. The maximum atomic E-state index is 5.92. The van der Waals surface area contributed by atoms with Crippen molar-refractivity contribution in [3.8, 4) is 0 Å². The number of anilines is 1. The van der Waals surface area contributed by atoms with Gasteiger partial charge < -0.3 is 5.32 Å². The molecule has 1 unspecified atom stereocenters. The van der Waals surface area contributed by atoms with Crippen LogP contribution in [-0.4, -0.2) is 16.3 Å². The lowest BCUT2D eigenvalue weighted by molar-refractivity contribution is 0.485. The topological polar surface area (TPSA) is 29.9 Å². The summed E-state index contributed by atoms with van der Waals surface area (Å²) in [5.74, 6) is 1.64. The Morgan fingerprint density at radius 3 is 2.74 bits per heavy atom. The molecule has 0 saturated heterocycles. The third-order valence-corrected chi connectivity index (χ3v) is 5.04. The van der Waals surface area contributed by atoms with Gasteiger partial charge in [-0.3, -0.25) is 0 Å². The summed E-state index contributed by atoms with van der Waals surface area (Å²) in [7, 11) is 0. The van der Waals surface area contributed by atoms with Crippen molar-refractivity contribution in [2.75, 3.05) is 11.9 Å². The molecule has 0 spiro atoms. The van der Waals surface area contributed by atoms with Crippen molar-refractivity contribution in [2.24, 2.45) is 0 Å². The lowest BCUT2D eigenvalue weighted by Crippen LogP contribution is -2.25. The van der Waals surface area contributed by atoms with Crippen LogP contribution in [0.3, 0.4) is 0 Å². The summed E-state index contributed by atoms with van der Waals surface area (Å²) in [6, 6.07) is 10.8. The van der Waals surface area contributed by atoms with Gasteiger partial charge in [-0.15, -0.1) is 11.6 Å². The molecule has 3 rings (SSSR count). The van der Waals surface area contributed by atoms with Crippen molar-refractivity contribution >= 4 is 17.4 Å². The fourth-order valence-electron chi connectivity index (χ4n) is 3.31. The summed E-state index contributed by atoms with van der Waals surface area (Å²) < 4.78 is 2.03. The van der Waals surface area contributed by atoms with E-state index in [1.54, 1.807) is 0 Å². The van der Waals surface area contributed by atoms with E-state index in [0.717, 1.165) is 48.6 Å². The predicted molar refractivity (Wildman–Crippen MR) is 97.2 cm³/mol. The summed E-state index contributed by atoms with van der Waals surface area (Å²) in [6.07, 6.45) is 2.17. The second kappa shape index (κ2) is 6.40. The average molecular weight is 330 g/mol. The number of aromatic nitrogens is 2. The minimum absolute atomic E-state index is 0.0903. The Morgan fingerprint density at radius 2 is 2.09 bits per heavy atom. The van der Waals surface area contributed by atoms with E-state index in [1.165, 1.54) is 5.56 Å². The molecule has 2 aromatic rings. The normalized spacial score (nSPS) is 16.6. The van der Waals surface area contributed by atoms with Gasteiger partial charge in [0.05, 0.1) is 12.2 Å². The number of hydrogen-bond acceptors (Lipinski definition) is 2. The third kappa shape index (κ3) is 3.02. The molecule has 0 aliphatic carbocycles. The molecule has 0 saturated carbocycles. The van der Waals surface area contributed by atoms with Crippen LogP contribution in [0.2, 0.25) is 0 Å². The molecule has 1 aromatic heterocycles. The number of halogens is 1. The summed E-state index contributed by atoms with van der Waals surface area (Å²) in [6.45, 7) is 10.2. The Bertz CT molecular complexity index is 702. The van der Waals surface area contributed by atoms with Crippen LogP contribution in [0.4, 0.5) is 5.82 Å². The van der Waals surface area contributed by atoms with Gasteiger partial charge in [0.25, 0.3) is 0 Å². The molecular weight excluding hydrogens is 306 g/mol. The molecule has 2 heterocycles. The van der Waals surface area contributed by atoms with E-state index in [2.05, 4.69) is 56.1 Å². The van der Waals surface area contributed by atoms with Gasteiger partial charge in [-0.2, -0.15) is 5.10 Å². The first-order valence-corrected chi connectivity index (χ1v) is 8.74. The van der Waals surface area contributed by atoms with Crippen LogP contribution >= 0.6 is 11.6 Å². The highest BCUT2D eigenvalue weighted by molar-refractivity contribution is 6.17. The lowest BCUT2D eigenvalue weighted by Gasteiger charge is -2.28. The van der Waals surface area contributed by atoms with Crippen molar-refractivity contribution in [1.82, 2.24) is 9.78 Å². The number of nitrogens with one attached hydrogen (secondary N) is 1. The van der Waals surface area contributed by atoms with Crippen LogP contribution in [-0.2, 0) is 17.8 Å². The molecule has 4 heteroatoms. The fourth-order valence-corrected chi connectivity index (χ4v) is 3.49. The molecule has 3 nitrogen and oxygen atoms in total. The number of nitrogens with zero attached hydrogens (tertiary/aromatic N) is 2. The van der Waals surface area contributed by atoms with Gasteiger partial charge in [0.2, 0.25) is 0 Å². The van der Waals surface area contributed by atoms with Crippen molar-refractivity contribution in [3.05, 3.63) is 59.3 Å². The zero-order valence-electron chi connectivity index (χ0n) is 13.9. The minimum Gasteiger partial charge on any atom is -0.366 e. The van der Waals surface area contributed by atoms with Gasteiger partial charge in [0.15, 0.2) is 0 Å². The van der Waals surface area contributed by atoms with Crippen LogP contribution in [0, 0.1) is 0 Å². The van der Waals surface area contributed by atoms with E-state index in [9.17, 15) is 0 Å². The standard InChI is InChI=1S/C19H24ClN3/c1-4-9-19(3,16-7-5-15(11-20)6-8-16)17-10-18-21-12-14(2)13-23(18)22-17/h5-8,10,21H,2,4,9,11-13H2,1,3H3. The Labute approximate surface area is 143 Å². The van der Waals surface area contributed by atoms with E-state index in [1.807, 2.05) is 4.68 Å². The van der Waals surface area contributed by atoms with Crippen LogP contribution in [0.25, 0.3) is 0 Å².